The predicted octanol–water partition coefficient (Wildman–Crippen LogP) is 3.98. The number of anilines is 3. The Morgan fingerprint density at radius 3 is 2.56 bits per heavy atom. The number of aryl methyl sites for hydroxylation is 1. The summed E-state index contributed by atoms with van der Waals surface area (Å²) < 4.78 is 5.22. The first-order valence-electron chi connectivity index (χ1n) is 5.57. The highest BCUT2D eigenvalue weighted by molar-refractivity contribution is 6.33. The van der Waals surface area contributed by atoms with Gasteiger partial charge in [0.05, 0.1) is 17.8 Å². The molecule has 0 saturated heterocycles. The molecule has 0 amide bonds. The van der Waals surface area contributed by atoms with E-state index in [0.29, 0.717) is 10.7 Å². The molecule has 0 fully saturated rings. The first-order valence-corrected chi connectivity index (χ1v) is 5.94. The van der Waals surface area contributed by atoms with Gasteiger partial charge in [-0.05, 0) is 48.9 Å². The summed E-state index contributed by atoms with van der Waals surface area (Å²) in [5, 5.41) is 3.85. The Morgan fingerprint density at radius 1 is 1.17 bits per heavy atom. The standard InChI is InChI=1S/C14H15ClN2O/c1-9-7-11(4-6-14(9)18-2)17-13-5-3-10(16)8-12(13)15/h3-8,17H,16H2,1-2H3. The molecule has 0 atom stereocenters. The fourth-order valence-electron chi connectivity index (χ4n) is 1.74. The normalized spacial score (nSPS) is 10.2. The maximum atomic E-state index is 6.11. The van der Waals surface area contributed by atoms with Crippen molar-refractivity contribution in [2.24, 2.45) is 0 Å². The van der Waals surface area contributed by atoms with Gasteiger partial charge in [0.2, 0.25) is 0 Å². The number of halogens is 1. The average molecular weight is 263 g/mol. The summed E-state index contributed by atoms with van der Waals surface area (Å²) in [6, 6.07) is 11.3. The largest absolute Gasteiger partial charge is 0.496 e. The fourth-order valence-corrected chi connectivity index (χ4v) is 1.98. The van der Waals surface area contributed by atoms with E-state index in [-0.39, 0.29) is 0 Å². The molecule has 94 valence electrons. The van der Waals surface area contributed by atoms with Crippen LogP contribution in [0.15, 0.2) is 36.4 Å². The smallest absolute Gasteiger partial charge is 0.121 e. The molecule has 0 saturated carbocycles. The number of benzene rings is 2. The molecule has 0 unspecified atom stereocenters. The number of methoxy groups -OCH3 is 1. The Labute approximate surface area is 112 Å². The summed E-state index contributed by atoms with van der Waals surface area (Å²) >= 11 is 6.11. The van der Waals surface area contributed by atoms with Crippen molar-refractivity contribution in [1.82, 2.24) is 0 Å². The Morgan fingerprint density at radius 2 is 1.94 bits per heavy atom. The second kappa shape index (κ2) is 5.19. The van der Waals surface area contributed by atoms with E-state index in [9.17, 15) is 0 Å². The lowest BCUT2D eigenvalue weighted by molar-refractivity contribution is 0.412. The fraction of sp³-hybridized carbons (Fsp3) is 0.143. The van der Waals surface area contributed by atoms with Gasteiger partial charge in [-0.1, -0.05) is 11.6 Å². The zero-order valence-corrected chi connectivity index (χ0v) is 11.1. The van der Waals surface area contributed by atoms with Crippen LogP contribution in [0.5, 0.6) is 5.75 Å². The lowest BCUT2D eigenvalue weighted by Crippen LogP contribution is -1.94. The van der Waals surface area contributed by atoms with Crippen LogP contribution in [0.2, 0.25) is 5.02 Å². The van der Waals surface area contributed by atoms with Crippen LogP contribution in [-0.2, 0) is 0 Å². The summed E-state index contributed by atoms with van der Waals surface area (Å²) in [4.78, 5) is 0. The topological polar surface area (TPSA) is 47.3 Å². The van der Waals surface area contributed by atoms with Crippen LogP contribution in [0.25, 0.3) is 0 Å². The molecule has 0 aliphatic heterocycles. The molecule has 2 aromatic carbocycles. The van der Waals surface area contributed by atoms with Crippen LogP contribution in [0.3, 0.4) is 0 Å². The molecule has 3 nitrogen and oxygen atoms in total. The monoisotopic (exact) mass is 262 g/mol. The van der Waals surface area contributed by atoms with Crippen molar-refractivity contribution in [2.75, 3.05) is 18.2 Å². The number of rotatable bonds is 3. The van der Waals surface area contributed by atoms with Crippen molar-refractivity contribution in [3.05, 3.63) is 47.0 Å². The highest BCUT2D eigenvalue weighted by atomic mass is 35.5. The zero-order chi connectivity index (χ0) is 13.1. The molecule has 0 radical (unpaired) electrons. The van der Waals surface area contributed by atoms with Crippen LogP contribution < -0.4 is 15.8 Å². The molecule has 2 rings (SSSR count). The maximum Gasteiger partial charge on any atom is 0.121 e. The molecule has 0 aromatic heterocycles. The van der Waals surface area contributed by atoms with E-state index in [4.69, 9.17) is 22.1 Å². The van der Waals surface area contributed by atoms with Crippen molar-refractivity contribution in [1.29, 1.82) is 0 Å². The highest BCUT2D eigenvalue weighted by Gasteiger charge is 2.03. The van der Waals surface area contributed by atoms with Gasteiger partial charge in [0, 0.05) is 11.4 Å². The number of ether oxygens (including phenoxy) is 1. The van der Waals surface area contributed by atoms with Gasteiger partial charge in [-0.3, -0.25) is 0 Å². The Hall–Kier alpha value is -1.87. The van der Waals surface area contributed by atoms with E-state index in [1.165, 1.54) is 0 Å². The number of hydrogen-bond donors (Lipinski definition) is 2. The second-order valence-electron chi connectivity index (χ2n) is 4.05. The van der Waals surface area contributed by atoms with E-state index in [1.807, 2.05) is 37.3 Å². The average Bonchev–Trinajstić information content (AvgIpc) is 2.33. The van der Waals surface area contributed by atoms with Crippen LogP contribution in [0.1, 0.15) is 5.56 Å². The van der Waals surface area contributed by atoms with Gasteiger partial charge in [-0.2, -0.15) is 0 Å². The summed E-state index contributed by atoms with van der Waals surface area (Å²) in [5.41, 5.74) is 9.16. The lowest BCUT2D eigenvalue weighted by Gasteiger charge is -2.11. The SMILES string of the molecule is COc1ccc(Nc2ccc(N)cc2Cl)cc1C. The minimum absolute atomic E-state index is 0.600. The Bertz CT molecular complexity index is 570. The molecule has 18 heavy (non-hydrogen) atoms. The van der Waals surface area contributed by atoms with Gasteiger partial charge in [0.25, 0.3) is 0 Å². The third-order valence-corrected chi connectivity index (χ3v) is 2.98. The van der Waals surface area contributed by atoms with Crippen molar-refractivity contribution < 1.29 is 4.74 Å². The third-order valence-electron chi connectivity index (χ3n) is 2.67. The van der Waals surface area contributed by atoms with E-state index in [1.54, 1.807) is 13.2 Å². The maximum absolute atomic E-state index is 6.11. The van der Waals surface area contributed by atoms with Crippen LogP contribution >= 0.6 is 11.6 Å². The summed E-state index contributed by atoms with van der Waals surface area (Å²) in [7, 11) is 1.66. The number of hydrogen-bond acceptors (Lipinski definition) is 3. The van der Waals surface area contributed by atoms with Crippen molar-refractivity contribution in [3.8, 4) is 5.75 Å². The summed E-state index contributed by atoms with van der Waals surface area (Å²) in [5.74, 6) is 0.865. The molecule has 2 aromatic rings. The molecule has 0 bridgehead atoms. The Kier molecular flexibility index (Phi) is 3.63. The van der Waals surface area contributed by atoms with Gasteiger partial charge >= 0.3 is 0 Å². The molecular formula is C14H15ClN2O. The predicted molar refractivity (Wildman–Crippen MR) is 76.9 cm³/mol. The van der Waals surface area contributed by atoms with Gasteiger partial charge in [0.1, 0.15) is 5.75 Å². The molecule has 0 aliphatic rings. The lowest BCUT2D eigenvalue weighted by atomic mass is 10.2. The molecule has 4 heteroatoms. The molecular weight excluding hydrogens is 248 g/mol. The molecule has 0 spiro atoms. The summed E-state index contributed by atoms with van der Waals surface area (Å²) in [6.45, 7) is 1.99. The van der Waals surface area contributed by atoms with Gasteiger partial charge in [-0.15, -0.1) is 0 Å². The second-order valence-corrected chi connectivity index (χ2v) is 4.46. The quantitative estimate of drug-likeness (QED) is 0.823. The van der Waals surface area contributed by atoms with Crippen molar-refractivity contribution in [3.63, 3.8) is 0 Å². The minimum Gasteiger partial charge on any atom is -0.496 e. The zero-order valence-electron chi connectivity index (χ0n) is 10.3. The number of nitrogens with one attached hydrogen (secondary N) is 1. The highest BCUT2D eigenvalue weighted by Crippen LogP contribution is 2.29. The molecule has 0 aliphatic carbocycles. The van der Waals surface area contributed by atoms with E-state index >= 15 is 0 Å². The summed E-state index contributed by atoms with van der Waals surface area (Å²) in [6.07, 6.45) is 0. The number of nitrogens with two attached hydrogens (primary N) is 1. The minimum atomic E-state index is 0.600. The first kappa shape index (κ1) is 12.6. The third kappa shape index (κ3) is 2.68. The van der Waals surface area contributed by atoms with E-state index in [2.05, 4.69) is 5.32 Å². The molecule has 0 heterocycles. The van der Waals surface area contributed by atoms with Crippen LogP contribution in [-0.4, -0.2) is 7.11 Å². The van der Waals surface area contributed by atoms with Gasteiger partial charge < -0.3 is 15.8 Å². The van der Waals surface area contributed by atoms with E-state index < -0.39 is 0 Å². The first-order chi connectivity index (χ1) is 8.60. The number of nitrogen functional groups attached to an aromatic ring is 1. The van der Waals surface area contributed by atoms with Crippen LogP contribution in [0.4, 0.5) is 17.1 Å². The van der Waals surface area contributed by atoms with Crippen molar-refractivity contribution in [2.45, 2.75) is 6.92 Å². The van der Waals surface area contributed by atoms with Crippen LogP contribution in [0, 0.1) is 6.92 Å². The molecule has 3 N–H and O–H groups in total. The van der Waals surface area contributed by atoms with Crippen molar-refractivity contribution >= 4 is 28.7 Å². The van der Waals surface area contributed by atoms with E-state index in [0.717, 1.165) is 22.7 Å². The Balaban J connectivity index is 2.26. The van der Waals surface area contributed by atoms with Gasteiger partial charge in [-0.25, -0.2) is 0 Å². The van der Waals surface area contributed by atoms with Gasteiger partial charge in [0.15, 0.2) is 0 Å².